The SMILES string of the molecule is Nc1ccc(CC(=O)Nc2c(F)cc(F)cc2Br)cc1. The molecule has 0 spiro atoms. The van der Waals surface area contributed by atoms with Crippen LogP contribution < -0.4 is 11.1 Å². The summed E-state index contributed by atoms with van der Waals surface area (Å²) in [6.07, 6.45) is 0.0730. The van der Waals surface area contributed by atoms with E-state index in [2.05, 4.69) is 21.2 Å². The van der Waals surface area contributed by atoms with E-state index < -0.39 is 17.5 Å². The molecule has 1 amide bonds. The van der Waals surface area contributed by atoms with E-state index >= 15 is 0 Å². The highest BCUT2D eigenvalue weighted by Crippen LogP contribution is 2.27. The predicted octanol–water partition coefficient (Wildman–Crippen LogP) is 3.49. The zero-order valence-electron chi connectivity index (χ0n) is 10.3. The number of benzene rings is 2. The second-order valence-electron chi connectivity index (χ2n) is 4.21. The van der Waals surface area contributed by atoms with Crippen LogP contribution in [0.2, 0.25) is 0 Å². The van der Waals surface area contributed by atoms with Crippen molar-refractivity contribution in [3.8, 4) is 0 Å². The number of rotatable bonds is 3. The quantitative estimate of drug-likeness (QED) is 0.840. The minimum atomic E-state index is -0.831. The highest BCUT2D eigenvalue weighted by molar-refractivity contribution is 9.10. The third kappa shape index (κ3) is 3.54. The first-order chi connectivity index (χ1) is 9.45. The van der Waals surface area contributed by atoms with Crippen molar-refractivity contribution in [1.29, 1.82) is 0 Å². The van der Waals surface area contributed by atoms with Crippen molar-refractivity contribution in [2.24, 2.45) is 0 Å². The van der Waals surface area contributed by atoms with Crippen LogP contribution in [-0.2, 0) is 11.2 Å². The lowest BCUT2D eigenvalue weighted by Gasteiger charge is -2.09. The minimum Gasteiger partial charge on any atom is -0.399 e. The molecule has 0 saturated carbocycles. The molecular weight excluding hydrogens is 330 g/mol. The molecule has 104 valence electrons. The van der Waals surface area contributed by atoms with Crippen LogP contribution >= 0.6 is 15.9 Å². The number of hydrogen-bond donors (Lipinski definition) is 2. The summed E-state index contributed by atoms with van der Waals surface area (Å²) < 4.78 is 26.7. The maximum absolute atomic E-state index is 13.6. The summed E-state index contributed by atoms with van der Waals surface area (Å²) in [6.45, 7) is 0. The smallest absolute Gasteiger partial charge is 0.228 e. The Bertz CT molecular complexity index is 621. The van der Waals surface area contributed by atoms with Crippen molar-refractivity contribution in [2.75, 3.05) is 11.1 Å². The van der Waals surface area contributed by atoms with Gasteiger partial charge in [0.05, 0.1) is 12.1 Å². The monoisotopic (exact) mass is 340 g/mol. The largest absolute Gasteiger partial charge is 0.399 e. The minimum absolute atomic E-state index is 0.0730. The number of amides is 1. The lowest BCUT2D eigenvalue weighted by atomic mass is 10.1. The van der Waals surface area contributed by atoms with Gasteiger partial charge in [-0.15, -0.1) is 0 Å². The van der Waals surface area contributed by atoms with Crippen LogP contribution in [0.1, 0.15) is 5.56 Å². The number of nitrogen functional groups attached to an aromatic ring is 1. The standard InChI is InChI=1S/C14H11BrF2N2O/c15-11-6-9(16)7-12(17)14(11)19-13(20)5-8-1-3-10(18)4-2-8/h1-4,6-7H,5,18H2,(H,19,20). The Morgan fingerprint density at radius 2 is 1.85 bits per heavy atom. The fourth-order valence-corrected chi connectivity index (χ4v) is 2.17. The summed E-state index contributed by atoms with van der Waals surface area (Å²) >= 11 is 3.01. The van der Waals surface area contributed by atoms with Crippen LogP contribution in [0.5, 0.6) is 0 Å². The second kappa shape index (κ2) is 6.00. The Hall–Kier alpha value is -1.95. The van der Waals surface area contributed by atoms with Gasteiger partial charge in [-0.2, -0.15) is 0 Å². The van der Waals surface area contributed by atoms with E-state index in [1.54, 1.807) is 24.3 Å². The van der Waals surface area contributed by atoms with Gasteiger partial charge in [0.1, 0.15) is 5.82 Å². The number of nitrogens with one attached hydrogen (secondary N) is 1. The number of halogens is 3. The first kappa shape index (κ1) is 14.5. The van der Waals surface area contributed by atoms with Crippen molar-refractivity contribution < 1.29 is 13.6 Å². The van der Waals surface area contributed by atoms with Gasteiger partial charge in [0.2, 0.25) is 5.91 Å². The average molecular weight is 341 g/mol. The molecule has 20 heavy (non-hydrogen) atoms. The summed E-state index contributed by atoms with van der Waals surface area (Å²) in [7, 11) is 0. The molecule has 0 fully saturated rings. The van der Waals surface area contributed by atoms with Gasteiger partial charge in [-0.25, -0.2) is 8.78 Å². The van der Waals surface area contributed by atoms with Gasteiger partial charge in [0, 0.05) is 16.2 Å². The molecule has 2 aromatic rings. The summed E-state index contributed by atoms with van der Waals surface area (Å²) in [5.74, 6) is -1.95. The highest BCUT2D eigenvalue weighted by Gasteiger charge is 2.13. The van der Waals surface area contributed by atoms with Gasteiger partial charge < -0.3 is 11.1 Å². The summed E-state index contributed by atoms with van der Waals surface area (Å²) in [5, 5.41) is 2.41. The van der Waals surface area contributed by atoms with Crippen molar-refractivity contribution in [3.63, 3.8) is 0 Å². The van der Waals surface area contributed by atoms with Crippen LogP contribution in [0.15, 0.2) is 40.9 Å². The van der Waals surface area contributed by atoms with Gasteiger partial charge >= 0.3 is 0 Å². The molecule has 0 aliphatic carbocycles. The Labute approximate surface area is 122 Å². The summed E-state index contributed by atoms with van der Waals surface area (Å²) in [5.41, 5.74) is 6.81. The number of hydrogen-bond acceptors (Lipinski definition) is 2. The predicted molar refractivity (Wildman–Crippen MR) is 77.2 cm³/mol. The Balaban J connectivity index is 2.10. The third-order valence-electron chi connectivity index (χ3n) is 2.62. The Kier molecular flexibility index (Phi) is 4.34. The van der Waals surface area contributed by atoms with E-state index in [4.69, 9.17) is 5.73 Å². The molecule has 0 unspecified atom stereocenters. The van der Waals surface area contributed by atoms with Gasteiger partial charge in [-0.1, -0.05) is 12.1 Å². The normalized spacial score (nSPS) is 10.3. The van der Waals surface area contributed by atoms with E-state index in [-0.39, 0.29) is 16.6 Å². The van der Waals surface area contributed by atoms with Crippen LogP contribution in [0, 0.1) is 11.6 Å². The molecule has 3 N–H and O–H groups in total. The highest BCUT2D eigenvalue weighted by atomic mass is 79.9. The molecule has 0 aromatic heterocycles. The zero-order chi connectivity index (χ0) is 14.7. The lowest BCUT2D eigenvalue weighted by molar-refractivity contribution is -0.115. The molecule has 0 heterocycles. The lowest BCUT2D eigenvalue weighted by Crippen LogP contribution is -2.16. The van der Waals surface area contributed by atoms with Gasteiger partial charge in [-0.3, -0.25) is 4.79 Å². The van der Waals surface area contributed by atoms with Gasteiger partial charge in [-0.05, 0) is 39.7 Å². The Morgan fingerprint density at radius 1 is 1.20 bits per heavy atom. The second-order valence-corrected chi connectivity index (χ2v) is 5.07. The topological polar surface area (TPSA) is 55.1 Å². The number of carbonyl (C=O) groups is 1. The molecule has 0 radical (unpaired) electrons. The molecule has 0 atom stereocenters. The van der Waals surface area contributed by atoms with Gasteiger partial charge in [0.25, 0.3) is 0 Å². The van der Waals surface area contributed by atoms with E-state index in [1.165, 1.54) is 0 Å². The molecule has 6 heteroatoms. The van der Waals surface area contributed by atoms with E-state index in [0.717, 1.165) is 11.6 Å². The number of anilines is 2. The van der Waals surface area contributed by atoms with Crippen LogP contribution in [-0.4, -0.2) is 5.91 Å². The van der Waals surface area contributed by atoms with Gasteiger partial charge in [0.15, 0.2) is 5.82 Å². The number of nitrogens with two attached hydrogens (primary N) is 1. The molecule has 0 saturated heterocycles. The van der Waals surface area contributed by atoms with Crippen molar-refractivity contribution in [2.45, 2.75) is 6.42 Å². The molecule has 3 nitrogen and oxygen atoms in total. The maximum atomic E-state index is 13.6. The molecule has 2 aromatic carbocycles. The molecule has 0 aliphatic heterocycles. The third-order valence-corrected chi connectivity index (χ3v) is 3.24. The fourth-order valence-electron chi connectivity index (χ4n) is 1.67. The Morgan fingerprint density at radius 3 is 2.45 bits per heavy atom. The molecule has 0 bridgehead atoms. The van der Waals surface area contributed by atoms with Crippen molar-refractivity contribution >= 4 is 33.2 Å². The fraction of sp³-hybridized carbons (Fsp3) is 0.0714. The van der Waals surface area contributed by atoms with Crippen molar-refractivity contribution in [1.82, 2.24) is 0 Å². The van der Waals surface area contributed by atoms with Crippen LogP contribution in [0.3, 0.4) is 0 Å². The first-order valence-electron chi connectivity index (χ1n) is 5.74. The van der Waals surface area contributed by atoms with Crippen LogP contribution in [0.4, 0.5) is 20.2 Å². The number of carbonyl (C=O) groups excluding carboxylic acids is 1. The van der Waals surface area contributed by atoms with E-state index in [0.29, 0.717) is 11.8 Å². The molecular formula is C14H11BrF2N2O. The summed E-state index contributed by atoms with van der Waals surface area (Å²) in [6, 6.07) is 8.58. The van der Waals surface area contributed by atoms with Crippen molar-refractivity contribution in [3.05, 3.63) is 58.1 Å². The van der Waals surface area contributed by atoms with E-state index in [1.807, 2.05) is 0 Å². The summed E-state index contributed by atoms with van der Waals surface area (Å²) in [4.78, 5) is 11.8. The first-order valence-corrected chi connectivity index (χ1v) is 6.54. The molecule has 0 aliphatic rings. The van der Waals surface area contributed by atoms with Crippen LogP contribution in [0.25, 0.3) is 0 Å². The average Bonchev–Trinajstić information content (AvgIpc) is 2.36. The zero-order valence-corrected chi connectivity index (χ0v) is 11.9. The maximum Gasteiger partial charge on any atom is 0.228 e. The van der Waals surface area contributed by atoms with E-state index in [9.17, 15) is 13.6 Å². The molecule has 2 rings (SSSR count).